The van der Waals surface area contributed by atoms with Crippen LogP contribution < -0.4 is 16.0 Å². The summed E-state index contributed by atoms with van der Waals surface area (Å²) in [6.45, 7) is 6.14. The predicted octanol–water partition coefficient (Wildman–Crippen LogP) is 2.82. The molecule has 0 saturated carbocycles. The number of rotatable bonds is 5. The number of hydrogen-bond donors (Lipinski definition) is 2. The van der Waals surface area contributed by atoms with Crippen molar-refractivity contribution in [1.29, 1.82) is 0 Å². The third-order valence-corrected chi connectivity index (χ3v) is 4.26. The van der Waals surface area contributed by atoms with Gasteiger partial charge in [0.25, 0.3) is 0 Å². The van der Waals surface area contributed by atoms with Gasteiger partial charge in [-0.25, -0.2) is 4.98 Å². The molecule has 1 atom stereocenters. The highest BCUT2D eigenvalue weighted by atomic mass is 32.1. The lowest BCUT2D eigenvalue weighted by atomic mass is 9.96. The summed E-state index contributed by atoms with van der Waals surface area (Å²) in [5.41, 5.74) is 7.45. The van der Waals surface area contributed by atoms with Crippen LogP contribution in [0.25, 0.3) is 0 Å². The highest BCUT2D eigenvalue weighted by molar-refractivity contribution is 7.09. The lowest BCUT2D eigenvalue weighted by Gasteiger charge is -2.19. The van der Waals surface area contributed by atoms with E-state index in [9.17, 15) is 0 Å². The molecule has 4 nitrogen and oxygen atoms in total. The summed E-state index contributed by atoms with van der Waals surface area (Å²) in [5.74, 6) is 6.65. The fourth-order valence-electron chi connectivity index (χ4n) is 2.38. The van der Waals surface area contributed by atoms with E-state index in [1.807, 2.05) is 13.8 Å². The van der Waals surface area contributed by atoms with Crippen molar-refractivity contribution in [2.75, 3.05) is 7.11 Å². The molecular formula is C15H21N3OS. The molecule has 0 bridgehead atoms. The van der Waals surface area contributed by atoms with Crippen LogP contribution in [-0.2, 0) is 6.42 Å². The van der Waals surface area contributed by atoms with E-state index in [0.717, 1.165) is 28.4 Å². The summed E-state index contributed by atoms with van der Waals surface area (Å²) in [7, 11) is 1.69. The van der Waals surface area contributed by atoms with Crippen LogP contribution in [-0.4, -0.2) is 12.1 Å². The van der Waals surface area contributed by atoms with E-state index in [-0.39, 0.29) is 6.04 Å². The maximum atomic E-state index is 5.74. The summed E-state index contributed by atoms with van der Waals surface area (Å²) >= 11 is 1.67. The number of ether oxygens (including phenoxy) is 1. The highest BCUT2D eigenvalue weighted by Crippen LogP contribution is 2.28. The standard InChI is InChI=1S/C15H21N3OS/c1-9-6-15(19-4)10(2)5-13(9)14(18-16)7-12-8-20-11(3)17-12/h5-6,8,14,18H,7,16H2,1-4H3. The van der Waals surface area contributed by atoms with Crippen molar-refractivity contribution in [2.24, 2.45) is 5.84 Å². The fourth-order valence-corrected chi connectivity index (χ4v) is 3.00. The molecule has 5 heteroatoms. The van der Waals surface area contributed by atoms with E-state index in [1.54, 1.807) is 18.4 Å². The number of methoxy groups -OCH3 is 1. The molecule has 0 spiro atoms. The van der Waals surface area contributed by atoms with Crippen molar-refractivity contribution in [2.45, 2.75) is 33.2 Å². The van der Waals surface area contributed by atoms with Crippen LogP contribution in [0.2, 0.25) is 0 Å². The van der Waals surface area contributed by atoms with Crippen molar-refractivity contribution in [3.05, 3.63) is 44.9 Å². The minimum atomic E-state index is 0.0566. The number of thiazole rings is 1. The number of hydrogen-bond acceptors (Lipinski definition) is 5. The van der Waals surface area contributed by atoms with Gasteiger partial charge >= 0.3 is 0 Å². The van der Waals surface area contributed by atoms with Gasteiger partial charge in [0.1, 0.15) is 5.75 Å². The summed E-state index contributed by atoms with van der Waals surface area (Å²) in [4.78, 5) is 4.51. The molecule has 1 aromatic heterocycles. The normalized spacial score (nSPS) is 12.4. The topological polar surface area (TPSA) is 60.2 Å². The van der Waals surface area contributed by atoms with E-state index in [2.05, 4.69) is 34.8 Å². The van der Waals surface area contributed by atoms with Crippen molar-refractivity contribution in [3.8, 4) is 5.75 Å². The molecule has 0 saturated heterocycles. The van der Waals surface area contributed by atoms with E-state index in [4.69, 9.17) is 10.6 Å². The Morgan fingerprint density at radius 2 is 2.05 bits per heavy atom. The Bertz CT molecular complexity index is 595. The number of hydrazine groups is 1. The zero-order valence-corrected chi connectivity index (χ0v) is 13.2. The third kappa shape index (κ3) is 3.17. The van der Waals surface area contributed by atoms with Crippen molar-refractivity contribution in [3.63, 3.8) is 0 Å². The van der Waals surface area contributed by atoms with Gasteiger partial charge in [-0.1, -0.05) is 6.07 Å². The maximum Gasteiger partial charge on any atom is 0.122 e. The first-order chi connectivity index (χ1) is 9.55. The van der Waals surface area contributed by atoms with Crippen LogP contribution in [0, 0.1) is 20.8 Å². The first kappa shape index (κ1) is 15.0. The Morgan fingerprint density at radius 3 is 2.60 bits per heavy atom. The van der Waals surface area contributed by atoms with Crippen molar-refractivity contribution < 1.29 is 4.74 Å². The van der Waals surface area contributed by atoms with Crippen LogP contribution in [0.4, 0.5) is 0 Å². The molecule has 0 aliphatic rings. The van der Waals surface area contributed by atoms with Gasteiger partial charge in [0, 0.05) is 11.8 Å². The second-order valence-corrected chi connectivity index (χ2v) is 6.02. The molecule has 0 aliphatic heterocycles. The van der Waals surface area contributed by atoms with Crippen LogP contribution in [0.1, 0.15) is 33.4 Å². The average Bonchev–Trinajstić information content (AvgIpc) is 2.84. The van der Waals surface area contributed by atoms with Crippen molar-refractivity contribution >= 4 is 11.3 Å². The molecule has 0 amide bonds. The smallest absolute Gasteiger partial charge is 0.122 e. The zero-order chi connectivity index (χ0) is 14.7. The van der Waals surface area contributed by atoms with Gasteiger partial charge < -0.3 is 4.74 Å². The number of nitrogens with zero attached hydrogens (tertiary/aromatic N) is 1. The Hall–Kier alpha value is -1.43. The number of nitrogens with one attached hydrogen (secondary N) is 1. The van der Waals surface area contributed by atoms with Gasteiger partial charge in [0.05, 0.1) is 23.9 Å². The van der Waals surface area contributed by atoms with Gasteiger partial charge in [0.15, 0.2) is 0 Å². The largest absolute Gasteiger partial charge is 0.496 e. The fraction of sp³-hybridized carbons (Fsp3) is 0.400. The summed E-state index contributed by atoms with van der Waals surface area (Å²) in [6, 6.07) is 4.25. The highest BCUT2D eigenvalue weighted by Gasteiger charge is 2.16. The molecule has 0 fully saturated rings. The molecule has 3 N–H and O–H groups in total. The quantitative estimate of drug-likeness (QED) is 0.657. The summed E-state index contributed by atoms with van der Waals surface area (Å²) in [6.07, 6.45) is 0.785. The van der Waals surface area contributed by atoms with Gasteiger partial charge in [-0.15, -0.1) is 11.3 Å². The van der Waals surface area contributed by atoms with E-state index in [1.165, 1.54) is 11.1 Å². The average molecular weight is 291 g/mol. The molecule has 2 rings (SSSR count). The minimum Gasteiger partial charge on any atom is -0.496 e. The van der Waals surface area contributed by atoms with E-state index in [0.29, 0.717) is 0 Å². The Balaban J connectivity index is 2.29. The second kappa shape index (κ2) is 6.35. The minimum absolute atomic E-state index is 0.0566. The number of aryl methyl sites for hydroxylation is 3. The number of nitrogens with two attached hydrogens (primary N) is 1. The van der Waals surface area contributed by atoms with Crippen molar-refractivity contribution in [1.82, 2.24) is 10.4 Å². The Kier molecular flexibility index (Phi) is 4.75. The number of benzene rings is 1. The first-order valence-corrected chi connectivity index (χ1v) is 7.45. The SMILES string of the molecule is COc1cc(C)c(C(Cc2csc(C)n2)NN)cc1C. The van der Waals surface area contributed by atoms with Gasteiger partial charge in [0.2, 0.25) is 0 Å². The molecule has 0 radical (unpaired) electrons. The summed E-state index contributed by atoms with van der Waals surface area (Å²) < 4.78 is 5.35. The third-order valence-electron chi connectivity index (χ3n) is 3.44. The molecule has 1 unspecified atom stereocenters. The van der Waals surface area contributed by atoms with Crippen LogP contribution in [0.3, 0.4) is 0 Å². The molecule has 20 heavy (non-hydrogen) atoms. The second-order valence-electron chi connectivity index (χ2n) is 4.96. The Labute approximate surface area is 124 Å². The molecule has 2 aromatic rings. The first-order valence-electron chi connectivity index (χ1n) is 6.57. The van der Waals surface area contributed by atoms with Gasteiger partial charge in [-0.05, 0) is 43.5 Å². The molecule has 108 valence electrons. The molecule has 1 aromatic carbocycles. The number of aromatic nitrogens is 1. The lowest BCUT2D eigenvalue weighted by Crippen LogP contribution is -2.30. The zero-order valence-electron chi connectivity index (χ0n) is 12.4. The van der Waals surface area contributed by atoms with Crippen LogP contribution in [0.15, 0.2) is 17.5 Å². The summed E-state index contributed by atoms with van der Waals surface area (Å²) in [5, 5.41) is 3.17. The molecule has 0 aliphatic carbocycles. The monoisotopic (exact) mass is 291 g/mol. The maximum absolute atomic E-state index is 5.74. The predicted molar refractivity (Wildman–Crippen MR) is 83.1 cm³/mol. The Morgan fingerprint density at radius 1 is 1.30 bits per heavy atom. The lowest BCUT2D eigenvalue weighted by molar-refractivity contribution is 0.410. The van der Waals surface area contributed by atoms with Gasteiger partial charge in [-0.3, -0.25) is 11.3 Å². The molecule has 1 heterocycles. The van der Waals surface area contributed by atoms with Crippen LogP contribution >= 0.6 is 11.3 Å². The molecular weight excluding hydrogens is 270 g/mol. The van der Waals surface area contributed by atoms with E-state index >= 15 is 0 Å². The van der Waals surface area contributed by atoms with Gasteiger partial charge in [-0.2, -0.15) is 0 Å². The van der Waals surface area contributed by atoms with E-state index < -0.39 is 0 Å². The van der Waals surface area contributed by atoms with Crippen LogP contribution in [0.5, 0.6) is 5.75 Å².